The lowest BCUT2D eigenvalue weighted by atomic mass is 9.81. The van der Waals surface area contributed by atoms with E-state index >= 15 is 0 Å². The fourth-order valence-corrected chi connectivity index (χ4v) is 2.95. The Hall–Kier alpha value is -2.27. The van der Waals surface area contributed by atoms with Crippen LogP contribution in [0.15, 0.2) is 45.1 Å². The molecule has 23 heavy (non-hydrogen) atoms. The van der Waals surface area contributed by atoms with Crippen LogP contribution < -0.4 is 11.5 Å². The van der Waals surface area contributed by atoms with Crippen molar-refractivity contribution in [2.24, 2.45) is 21.7 Å². The standard InChI is InChI=1S/C17H20N4O.ClH/c1-10-3-5-12(6-4-10)13-7-14(20-21-17(18)19)16-11(2)9-22-15(16)8-13;/h3-6,9,13H,7-8H2,1-2H3,(H4,18,19,21);1H. The number of furan rings is 1. The van der Waals surface area contributed by atoms with Crippen LogP contribution in [0.1, 0.15) is 40.4 Å². The van der Waals surface area contributed by atoms with Crippen molar-refractivity contribution >= 4 is 24.1 Å². The summed E-state index contributed by atoms with van der Waals surface area (Å²) < 4.78 is 5.71. The summed E-state index contributed by atoms with van der Waals surface area (Å²) >= 11 is 0. The van der Waals surface area contributed by atoms with Gasteiger partial charge >= 0.3 is 0 Å². The molecule has 0 bridgehead atoms. The van der Waals surface area contributed by atoms with Gasteiger partial charge in [-0.25, -0.2) is 0 Å². The van der Waals surface area contributed by atoms with Crippen LogP contribution in [0.3, 0.4) is 0 Å². The molecule has 1 aliphatic rings. The molecule has 2 aromatic rings. The highest BCUT2D eigenvalue weighted by Crippen LogP contribution is 2.35. The average Bonchev–Trinajstić information content (AvgIpc) is 2.87. The minimum Gasteiger partial charge on any atom is -0.468 e. The van der Waals surface area contributed by atoms with Crippen LogP contribution in [-0.4, -0.2) is 11.7 Å². The van der Waals surface area contributed by atoms with Crippen LogP contribution in [0, 0.1) is 13.8 Å². The highest BCUT2D eigenvalue weighted by molar-refractivity contribution is 6.04. The van der Waals surface area contributed by atoms with Gasteiger partial charge in [-0.3, -0.25) is 0 Å². The van der Waals surface area contributed by atoms with Crippen molar-refractivity contribution in [1.82, 2.24) is 0 Å². The summed E-state index contributed by atoms with van der Waals surface area (Å²) in [6, 6.07) is 8.59. The summed E-state index contributed by atoms with van der Waals surface area (Å²) in [6.45, 7) is 4.10. The van der Waals surface area contributed by atoms with E-state index in [0.29, 0.717) is 5.92 Å². The first-order valence-corrected chi connectivity index (χ1v) is 7.34. The van der Waals surface area contributed by atoms with E-state index in [1.807, 2.05) is 6.92 Å². The molecule has 0 saturated heterocycles. The van der Waals surface area contributed by atoms with Gasteiger partial charge < -0.3 is 15.9 Å². The molecule has 1 atom stereocenters. The maximum absolute atomic E-state index is 5.71. The zero-order chi connectivity index (χ0) is 15.7. The fraction of sp³-hybridized carbons (Fsp3) is 0.294. The molecule has 1 heterocycles. The summed E-state index contributed by atoms with van der Waals surface area (Å²) in [5, 5.41) is 8.07. The zero-order valence-electron chi connectivity index (χ0n) is 13.2. The second kappa shape index (κ2) is 6.87. The molecule has 1 aliphatic carbocycles. The van der Waals surface area contributed by atoms with E-state index in [1.54, 1.807) is 6.26 Å². The maximum Gasteiger partial charge on any atom is 0.211 e. The number of benzene rings is 1. The predicted octanol–water partition coefficient (Wildman–Crippen LogP) is 3.03. The molecule has 0 saturated carbocycles. The number of hydrogen-bond donors (Lipinski definition) is 2. The van der Waals surface area contributed by atoms with Crippen molar-refractivity contribution in [1.29, 1.82) is 0 Å². The highest BCUT2D eigenvalue weighted by Gasteiger charge is 2.29. The third kappa shape index (κ3) is 3.56. The number of nitrogens with two attached hydrogens (primary N) is 2. The average molecular weight is 333 g/mol. The molecule has 5 nitrogen and oxygen atoms in total. The second-order valence-electron chi connectivity index (χ2n) is 5.80. The number of halogens is 1. The zero-order valence-corrected chi connectivity index (χ0v) is 14.1. The highest BCUT2D eigenvalue weighted by atomic mass is 35.5. The lowest BCUT2D eigenvalue weighted by molar-refractivity contribution is 0.480. The molecule has 1 unspecified atom stereocenters. The van der Waals surface area contributed by atoms with E-state index in [9.17, 15) is 0 Å². The molecule has 1 aromatic carbocycles. The van der Waals surface area contributed by atoms with Crippen LogP contribution in [0.4, 0.5) is 0 Å². The minimum absolute atomic E-state index is 0. The maximum atomic E-state index is 5.71. The van der Waals surface area contributed by atoms with Crippen molar-refractivity contribution in [3.63, 3.8) is 0 Å². The van der Waals surface area contributed by atoms with Gasteiger partial charge in [-0.1, -0.05) is 29.8 Å². The third-order valence-electron chi connectivity index (χ3n) is 4.05. The van der Waals surface area contributed by atoms with Crippen molar-refractivity contribution in [3.05, 3.63) is 58.5 Å². The van der Waals surface area contributed by atoms with Gasteiger partial charge in [-0.2, -0.15) is 5.10 Å². The molecular formula is C17H21ClN4O. The number of aryl methyl sites for hydroxylation is 2. The molecule has 0 fully saturated rings. The molecule has 1 aromatic heterocycles. The Bertz CT molecular complexity index is 742. The SMILES string of the molecule is Cc1ccc(C2CC(=NN=C(N)N)c3c(C)coc3C2)cc1.Cl. The Balaban J connectivity index is 0.00000192. The second-order valence-corrected chi connectivity index (χ2v) is 5.80. The normalized spacial score (nSPS) is 18.2. The molecule has 6 heteroatoms. The number of hydrogen-bond acceptors (Lipinski definition) is 3. The smallest absolute Gasteiger partial charge is 0.211 e. The van der Waals surface area contributed by atoms with E-state index in [2.05, 4.69) is 41.4 Å². The Morgan fingerprint density at radius 3 is 2.48 bits per heavy atom. The summed E-state index contributed by atoms with van der Waals surface area (Å²) in [5.41, 5.74) is 16.3. The van der Waals surface area contributed by atoms with Crippen molar-refractivity contribution in [3.8, 4) is 0 Å². The first-order valence-electron chi connectivity index (χ1n) is 7.34. The van der Waals surface area contributed by atoms with Crippen LogP contribution in [0.25, 0.3) is 0 Å². The van der Waals surface area contributed by atoms with Crippen LogP contribution >= 0.6 is 12.4 Å². The van der Waals surface area contributed by atoms with Crippen molar-refractivity contribution in [2.75, 3.05) is 0 Å². The third-order valence-corrected chi connectivity index (χ3v) is 4.05. The summed E-state index contributed by atoms with van der Waals surface area (Å²) in [6.07, 6.45) is 3.44. The summed E-state index contributed by atoms with van der Waals surface area (Å²) in [4.78, 5) is 0. The van der Waals surface area contributed by atoms with Gasteiger partial charge in [0.25, 0.3) is 0 Å². The fourth-order valence-electron chi connectivity index (χ4n) is 2.95. The van der Waals surface area contributed by atoms with E-state index in [0.717, 1.165) is 35.4 Å². The van der Waals surface area contributed by atoms with Crippen molar-refractivity contribution in [2.45, 2.75) is 32.6 Å². The number of fused-ring (bicyclic) bond motifs is 1. The first kappa shape index (κ1) is 17.1. The Labute approximate surface area is 141 Å². The van der Waals surface area contributed by atoms with E-state index < -0.39 is 0 Å². The van der Waals surface area contributed by atoms with Crippen LogP contribution in [0.5, 0.6) is 0 Å². The van der Waals surface area contributed by atoms with Gasteiger partial charge in [0.15, 0.2) is 0 Å². The molecule has 0 radical (unpaired) electrons. The van der Waals surface area contributed by atoms with Gasteiger partial charge in [-0.05, 0) is 37.3 Å². The topological polar surface area (TPSA) is 89.9 Å². The number of nitrogens with zero attached hydrogens (tertiary/aromatic N) is 2. The number of guanidine groups is 1. The molecule has 122 valence electrons. The van der Waals surface area contributed by atoms with E-state index in [-0.39, 0.29) is 18.4 Å². The largest absolute Gasteiger partial charge is 0.468 e. The van der Waals surface area contributed by atoms with Gasteiger partial charge in [0.2, 0.25) is 5.96 Å². The minimum atomic E-state index is -0.0346. The number of rotatable bonds is 2. The molecule has 4 N–H and O–H groups in total. The monoisotopic (exact) mass is 332 g/mol. The molecule has 0 aliphatic heterocycles. The Kier molecular flexibility index (Phi) is 5.11. The summed E-state index contributed by atoms with van der Waals surface area (Å²) in [5.74, 6) is 1.25. The lowest BCUT2D eigenvalue weighted by Gasteiger charge is -2.23. The van der Waals surface area contributed by atoms with Gasteiger partial charge in [-0.15, -0.1) is 17.5 Å². The molecule has 3 rings (SSSR count). The molecule has 0 spiro atoms. The summed E-state index contributed by atoms with van der Waals surface area (Å²) in [7, 11) is 0. The van der Waals surface area contributed by atoms with Crippen molar-refractivity contribution < 1.29 is 4.42 Å². The lowest BCUT2D eigenvalue weighted by Crippen LogP contribution is -2.23. The molecular weight excluding hydrogens is 312 g/mol. The van der Waals surface area contributed by atoms with E-state index in [4.69, 9.17) is 15.9 Å². The van der Waals surface area contributed by atoms with E-state index in [1.165, 1.54) is 11.1 Å². The Morgan fingerprint density at radius 2 is 1.83 bits per heavy atom. The van der Waals surface area contributed by atoms with Gasteiger partial charge in [0.05, 0.1) is 12.0 Å². The Morgan fingerprint density at radius 1 is 1.13 bits per heavy atom. The quantitative estimate of drug-likeness (QED) is 0.503. The predicted molar refractivity (Wildman–Crippen MR) is 95.3 cm³/mol. The van der Waals surface area contributed by atoms with Crippen LogP contribution in [-0.2, 0) is 6.42 Å². The van der Waals surface area contributed by atoms with Gasteiger partial charge in [0.1, 0.15) is 5.76 Å². The van der Waals surface area contributed by atoms with Gasteiger partial charge in [0, 0.05) is 12.0 Å². The molecule has 0 amide bonds. The van der Waals surface area contributed by atoms with Crippen LogP contribution in [0.2, 0.25) is 0 Å². The first-order chi connectivity index (χ1) is 10.5.